The molecule has 12 heteroatoms. The molecule has 34 heavy (non-hydrogen) atoms. The number of nitrogens with zero attached hydrogens (tertiary/aromatic N) is 4. The summed E-state index contributed by atoms with van der Waals surface area (Å²) in [5.41, 5.74) is -0.364. The van der Waals surface area contributed by atoms with E-state index in [-0.39, 0.29) is 24.2 Å². The van der Waals surface area contributed by atoms with Crippen LogP contribution in [0.1, 0.15) is 37.6 Å². The summed E-state index contributed by atoms with van der Waals surface area (Å²) in [6, 6.07) is 5.22. The molecule has 0 spiro atoms. The van der Waals surface area contributed by atoms with E-state index in [1.54, 1.807) is 13.8 Å². The van der Waals surface area contributed by atoms with Crippen molar-refractivity contribution in [3.63, 3.8) is 0 Å². The zero-order valence-electron chi connectivity index (χ0n) is 18.5. The highest BCUT2D eigenvalue weighted by atomic mass is 32.1. The lowest BCUT2D eigenvalue weighted by molar-refractivity contribution is -0.145. The summed E-state index contributed by atoms with van der Waals surface area (Å²) < 4.78 is 51.6. The number of carboxylic acid groups (broad SMARTS) is 1. The molecule has 1 aliphatic rings. The third kappa shape index (κ3) is 5.16. The van der Waals surface area contributed by atoms with Gasteiger partial charge in [-0.25, -0.2) is 9.78 Å². The molecule has 1 fully saturated rings. The number of piperidine rings is 1. The van der Waals surface area contributed by atoms with Crippen LogP contribution in [-0.4, -0.2) is 51.3 Å². The maximum absolute atomic E-state index is 13.2. The van der Waals surface area contributed by atoms with E-state index in [1.807, 2.05) is 4.90 Å². The van der Waals surface area contributed by atoms with E-state index < -0.39 is 23.8 Å². The van der Waals surface area contributed by atoms with Gasteiger partial charge in [-0.15, -0.1) is 0 Å². The SMILES string of the molecule is CCC(Oc1nc(C)nc2nc(N3CCC(Oc4ccccc4C(F)(F)F)CC3)sc12)C(=O)O. The van der Waals surface area contributed by atoms with E-state index >= 15 is 0 Å². The van der Waals surface area contributed by atoms with E-state index in [4.69, 9.17) is 9.47 Å². The number of para-hydroxylation sites is 1. The smallest absolute Gasteiger partial charge is 0.419 e. The normalized spacial score (nSPS) is 16.0. The quantitative estimate of drug-likeness (QED) is 0.503. The van der Waals surface area contributed by atoms with Gasteiger partial charge < -0.3 is 19.5 Å². The van der Waals surface area contributed by atoms with Crippen molar-refractivity contribution in [2.45, 2.75) is 51.5 Å². The molecule has 1 saturated heterocycles. The molecule has 0 amide bonds. The van der Waals surface area contributed by atoms with Crippen LogP contribution in [0, 0.1) is 6.92 Å². The fourth-order valence-corrected chi connectivity index (χ4v) is 4.69. The zero-order chi connectivity index (χ0) is 24.5. The van der Waals surface area contributed by atoms with Crippen molar-refractivity contribution in [1.29, 1.82) is 0 Å². The minimum absolute atomic E-state index is 0.162. The first-order chi connectivity index (χ1) is 16.2. The van der Waals surface area contributed by atoms with Gasteiger partial charge in [0.1, 0.15) is 22.4 Å². The molecule has 1 aliphatic heterocycles. The molecule has 0 radical (unpaired) electrons. The summed E-state index contributed by atoms with van der Waals surface area (Å²) in [5, 5.41) is 9.98. The van der Waals surface area contributed by atoms with Crippen molar-refractivity contribution in [2.75, 3.05) is 18.0 Å². The van der Waals surface area contributed by atoms with Crippen molar-refractivity contribution in [3.8, 4) is 11.6 Å². The fraction of sp³-hybridized carbons (Fsp3) is 0.455. The van der Waals surface area contributed by atoms with E-state index in [0.717, 1.165) is 6.07 Å². The van der Waals surface area contributed by atoms with Crippen LogP contribution >= 0.6 is 11.3 Å². The third-order valence-electron chi connectivity index (χ3n) is 5.42. The van der Waals surface area contributed by atoms with Gasteiger partial charge in [0, 0.05) is 25.9 Å². The number of aromatic nitrogens is 3. The lowest BCUT2D eigenvalue weighted by Crippen LogP contribution is -2.38. The molecule has 2 aromatic heterocycles. The van der Waals surface area contributed by atoms with Gasteiger partial charge in [-0.1, -0.05) is 30.4 Å². The number of hydrogen-bond acceptors (Lipinski definition) is 8. The Hall–Kier alpha value is -3.15. The first-order valence-corrected chi connectivity index (χ1v) is 11.6. The number of halogens is 3. The van der Waals surface area contributed by atoms with E-state index in [1.165, 1.54) is 29.5 Å². The van der Waals surface area contributed by atoms with Crippen LogP contribution in [0.5, 0.6) is 11.6 Å². The molecular weight excluding hydrogens is 473 g/mol. The third-order valence-corrected chi connectivity index (χ3v) is 6.52. The molecule has 1 N–H and O–H groups in total. The molecule has 4 rings (SSSR count). The molecule has 1 aromatic carbocycles. The van der Waals surface area contributed by atoms with Gasteiger partial charge in [-0.2, -0.15) is 23.1 Å². The number of rotatable bonds is 7. The van der Waals surface area contributed by atoms with Gasteiger partial charge in [0.05, 0.1) is 5.56 Å². The molecule has 1 unspecified atom stereocenters. The number of fused-ring (bicyclic) bond motifs is 1. The summed E-state index contributed by atoms with van der Waals surface area (Å²) >= 11 is 1.30. The lowest BCUT2D eigenvalue weighted by Gasteiger charge is -2.32. The highest BCUT2D eigenvalue weighted by Gasteiger charge is 2.35. The Morgan fingerprint density at radius 3 is 2.59 bits per heavy atom. The number of thiazole rings is 1. The number of alkyl halides is 3. The number of benzene rings is 1. The number of ether oxygens (including phenoxy) is 2. The van der Waals surface area contributed by atoms with Crippen LogP contribution < -0.4 is 14.4 Å². The van der Waals surface area contributed by atoms with Gasteiger partial charge in [-0.3, -0.25) is 0 Å². The summed E-state index contributed by atoms with van der Waals surface area (Å²) in [7, 11) is 0. The van der Waals surface area contributed by atoms with Crippen molar-refractivity contribution in [1.82, 2.24) is 15.0 Å². The van der Waals surface area contributed by atoms with Crippen LogP contribution in [0.3, 0.4) is 0 Å². The van der Waals surface area contributed by atoms with Crippen LogP contribution in [0.25, 0.3) is 10.3 Å². The Labute approximate surface area is 197 Å². The molecule has 1 atom stereocenters. The van der Waals surface area contributed by atoms with Crippen molar-refractivity contribution < 1.29 is 32.5 Å². The van der Waals surface area contributed by atoms with Crippen molar-refractivity contribution in [2.24, 2.45) is 0 Å². The van der Waals surface area contributed by atoms with Crippen molar-refractivity contribution >= 4 is 32.8 Å². The molecular formula is C22H23F3N4O4S. The summed E-state index contributed by atoms with van der Waals surface area (Å²) in [4.78, 5) is 26.6. The number of hydrogen-bond donors (Lipinski definition) is 1. The molecule has 0 aliphatic carbocycles. The minimum atomic E-state index is -4.48. The number of anilines is 1. The minimum Gasteiger partial charge on any atom is -0.490 e. The van der Waals surface area contributed by atoms with E-state index in [2.05, 4.69) is 15.0 Å². The number of aliphatic carboxylic acids is 1. The molecule has 8 nitrogen and oxygen atoms in total. The largest absolute Gasteiger partial charge is 0.490 e. The average molecular weight is 497 g/mol. The number of aryl methyl sites for hydroxylation is 1. The molecule has 0 saturated carbocycles. The average Bonchev–Trinajstić information content (AvgIpc) is 3.21. The van der Waals surface area contributed by atoms with Crippen LogP contribution in [0.4, 0.5) is 18.3 Å². The second kappa shape index (κ2) is 9.61. The van der Waals surface area contributed by atoms with E-state index in [0.29, 0.717) is 47.2 Å². The highest BCUT2D eigenvalue weighted by molar-refractivity contribution is 7.22. The summed E-state index contributed by atoms with van der Waals surface area (Å²) in [6.45, 7) is 4.46. The monoisotopic (exact) mass is 496 g/mol. The second-order valence-corrected chi connectivity index (χ2v) is 8.85. The summed E-state index contributed by atoms with van der Waals surface area (Å²) in [5.74, 6) is -0.645. The first kappa shape index (κ1) is 24.0. The fourth-order valence-electron chi connectivity index (χ4n) is 3.70. The highest BCUT2D eigenvalue weighted by Crippen LogP contribution is 2.38. The maximum atomic E-state index is 13.2. The standard InChI is InChI=1S/C22H23F3N4O4S/c1-3-15(20(30)31)33-19-17-18(26-12(2)27-19)28-21(34-17)29-10-8-13(9-11-29)32-16-7-5-4-6-14(16)22(23,24)25/h4-7,13,15H,3,8-11H2,1-2H3,(H,30,31). The Balaban J connectivity index is 1.48. The van der Waals surface area contributed by atoms with Gasteiger partial charge in [-0.05, 0) is 25.5 Å². The number of carbonyl (C=O) groups is 1. The van der Waals surface area contributed by atoms with Gasteiger partial charge in [0.2, 0.25) is 5.88 Å². The van der Waals surface area contributed by atoms with Crippen LogP contribution in [0.15, 0.2) is 24.3 Å². The van der Waals surface area contributed by atoms with Gasteiger partial charge in [0.15, 0.2) is 16.9 Å². The second-order valence-electron chi connectivity index (χ2n) is 7.88. The Kier molecular flexibility index (Phi) is 6.78. The molecule has 0 bridgehead atoms. The Morgan fingerprint density at radius 2 is 1.94 bits per heavy atom. The lowest BCUT2D eigenvalue weighted by atomic mass is 10.1. The predicted octanol–water partition coefficient (Wildman–Crippen LogP) is 4.70. The first-order valence-electron chi connectivity index (χ1n) is 10.8. The molecule has 182 valence electrons. The zero-order valence-corrected chi connectivity index (χ0v) is 19.3. The van der Waals surface area contributed by atoms with Gasteiger partial charge in [0.25, 0.3) is 0 Å². The summed E-state index contributed by atoms with van der Waals surface area (Å²) in [6.07, 6.45) is -4.54. The molecule has 3 heterocycles. The van der Waals surface area contributed by atoms with Crippen LogP contribution in [0.2, 0.25) is 0 Å². The topological polar surface area (TPSA) is 97.7 Å². The van der Waals surface area contributed by atoms with Crippen LogP contribution in [-0.2, 0) is 11.0 Å². The van der Waals surface area contributed by atoms with Gasteiger partial charge >= 0.3 is 12.1 Å². The number of carboxylic acids is 1. The molecule has 3 aromatic rings. The maximum Gasteiger partial charge on any atom is 0.419 e. The van der Waals surface area contributed by atoms with E-state index in [9.17, 15) is 23.1 Å². The Bertz CT molecular complexity index is 1180. The van der Waals surface area contributed by atoms with Crippen molar-refractivity contribution in [3.05, 3.63) is 35.7 Å². The predicted molar refractivity (Wildman–Crippen MR) is 120 cm³/mol. The Morgan fingerprint density at radius 1 is 1.24 bits per heavy atom.